The van der Waals surface area contributed by atoms with Crippen molar-refractivity contribution >= 4 is 52.3 Å². The van der Waals surface area contributed by atoms with Gasteiger partial charge in [-0.05, 0) is 35.9 Å². The van der Waals surface area contributed by atoms with Gasteiger partial charge in [-0.25, -0.2) is 0 Å². The van der Waals surface area contributed by atoms with E-state index in [-0.39, 0.29) is 0 Å². The first-order valence-corrected chi connectivity index (χ1v) is 8.14. The predicted octanol–water partition coefficient (Wildman–Crippen LogP) is 5.19. The number of aromatic nitrogens is 3. The minimum Gasteiger partial charge on any atom is -0.349 e. The summed E-state index contributed by atoms with van der Waals surface area (Å²) in [5.74, 6) is 0.956. The second-order valence-corrected chi connectivity index (χ2v) is 6.15. The van der Waals surface area contributed by atoms with Crippen LogP contribution in [0, 0.1) is 0 Å². The number of benzene rings is 2. The molecule has 0 atom stereocenters. The highest BCUT2D eigenvalue weighted by Gasteiger charge is 2.04. The van der Waals surface area contributed by atoms with Crippen molar-refractivity contribution in [3.05, 3.63) is 69.3 Å². The van der Waals surface area contributed by atoms with E-state index < -0.39 is 0 Å². The van der Waals surface area contributed by atoms with Crippen LogP contribution in [-0.2, 0) is 6.54 Å². The monoisotopic (exact) mass is 379 g/mol. The first kappa shape index (κ1) is 16.8. The van der Waals surface area contributed by atoms with Gasteiger partial charge in [0.2, 0.25) is 5.95 Å². The number of nitrogens with one attached hydrogen (secondary N) is 2. The second kappa shape index (κ2) is 7.66. The highest BCUT2D eigenvalue weighted by Crippen LogP contribution is 2.26. The second-order valence-electron chi connectivity index (χ2n) is 4.90. The Balaban J connectivity index is 1.67. The molecule has 0 saturated heterocycles. The maximum atomic E-state index is 6.00. The van der Waals surface area contributed by atoms with Crippen LogP contribution in [0.1, 0.15) is 5.56 Å². The van der Waals surface area contributed by atoms with Crippen LogP contribution < -0.4 is 10.6 Å². The van der Waals surface area contributed by atoms with Crippen molar-refractivity contribution < 1.29 is 0 Å². The van der Waals surface area contributed by atoms with Crippen molar-refractivity contribution in [3.63, 3.8) is 0 Å². The number of hydrogen-bond acceptors (Lipinski definition) is 5. The first-order valence-electron chi connectivity index (χ1n) is 7.00. The maximum Gasteiger partial charge on any atom is 0.244 e. The third kappa shape index (κ3) is 4.47. The van der Waals surface area contributed by atoms with E-state index in [1.807, 2.05) is 24.3 Å². The molecular formula is C16H12Cl3N5. The van der Waals surface area contributed by atoms with Crippen molar-refractivity contribution in [2.75, 3.05) is 10.6 Å². The molecule has 0 saturated carbocycles. The van der Waals surface area contributed by atoms with Crippen molar-refractivity contribution in [2.24, 2.45) is 0 Å². The van der Waals surface area contributed by atoms with Crippen molar-refractivity contribution in [3.8, 4) is 0 Å². The molecule has 2 N–H and O–H groups in total. The standard InChI is InChI=1S/C16H12Cl3N5/c17-11-3-1-10(2-4-11)8-20-16-23-15(9-21-24-16)22-12-5-6-13(18)14(19)7-12/h1-7,9H,8H2,(H2,20,22,23,24). The minimum absolute atomic E-state index is 0.412. The van der Waals surface area contributed by atoms with E-state index >= 15 is 0 Å². The molecule has 2 aromatic carbocycles. The Hall–Kier alpha value is -2.08. The van der Waals surface area contributed by atoms with Gasteiger partial charge in [0.25, 0.3) is 0 Å². The number of halogens is 3. The summed E-state index contributed by atoms with van der Waals surface area (Å²) >= 11 is 17.8. The quantitative estimate of drug-likeness (QED) is 0.638. The lowest BCUT2D eigenvalue weighted by atomic mass is 10.2. The number of anilines is 3. The molecule has 0 unspecified atom stereocenters. The van der Waals surface area contributed by atoms with Gasteiger partial charge in [0.15, 0.2) is 5.82 Å². The molecule has 5 nitrogen and oxygen atoms in total. The molecule has 1 aromatic heterocycles. The highest BCUT2D eigenvalue weighted by atomic mass is 35.5. The average Bonchev–Trinajstić information content (AvgIpc) is 2.58. The molecule has 3 rings (SSSR count). The Labute approximate surface area is 154 Å². The van der Waals surface area contributed by atoms with Crippen molar-refractivity contribution in [2.45, 2.75) is 6.54 Å². The van der Waals surface area contributed by atoms with Gasteiger partial charge in [-0.2, -0.15) is 10.1 Å². The van der Waals surface area contributed by atoms with Crippen LogP contribution in [0.25, 0.3) is 0 Å². The molecule has 24 heavy (non-hydrogen) atoms. The smallest absolute Gasteiger partial charge is 0.244 e. The average molecular weight is 381 g/mol. The summed E-state index contributed by atoms with van der Waals surface area (Å²) in [6.45, 7) is 0.565. The van der Waals surface area contributed by atoms with E-state index in [0.717, 1.165) is 11.3 Å². The molecule has 0 spiro atoms. The summed E-state index contributed by atoms with van der Waals surface area (Å²) in [6, 6.07) is 12.8. The van der Waals surface area contributed by atoms with Crippen LogP contribution in [0.15, 0.2) is 48.7 Å². The lowest BCUT2D eigenvalue weighted by molar-refractivity contribution is 0.949. The van der Waals surface area contributed by atoms with Crippen LogP contribution >= 0.6 is 34.8 Å². The van der Waals surface area contributed by atoms with E-state index in [2.05, 4.69) is 25.8 Å². The zero-order chi connectivity index (χ0) is 16.9. The largest absolute Gasteiger partial charge is 0.349 e. The third-order valence-corrected chi connectivity index (χ3v) is 4.11. The summed E-state index contributed by atoms with van der Waals surface area (Å²) in [7, 11) is 0. The molecular weight excluding hydrogens is 369 g/mol. The van der Waals surface area contributed by atoms with E-state index in [0.29, 0.717) is 33.4 Å². The minimum atomic E-state index is 0.412. The zero-order valence-electron chi connectivity index (χ0n) is 12.3. The molecule has 0 aliphatic carbocycles. The first-order chi connectivity index (χ1) is 11.6. The summed E-state index contributed by atoms with van der Waals surface area (Å²) < 4.78 is 0. The van der Waals surface area contributed by atoms with Gasteiger partial charge in [-0.1, -0.05) is 46.9 Å². The zero-order valence-corrected chi connectivity index (χ0v) is 14.6. The van der Waals surface area contributed by atoms with Gasteiger partial charge in [0.05, 0.1) is 16.2 Å². The van der Waals surface area contributed by atoms with Gasteiger partial charge in [-0.3, -0.25) is 0 Å². The molecule has 1 heterocycles. The topological polar surface area (TPSA) is 62.7 Å². The molecule has 122 valence electrons. The van der Waals surface area contributed by atoms with E-state index in [4.69, 9.17) is 34.8 Å². The molecule has 0 aliphatic rings. The van der Waals surface area contributed by atoms with Crippen molar-refractivity contribution in [1.29, 1.82) is 0 Å². The summed E-state index contributed by atoms with van der Waals surface area (Å²) in [5, 5.41) is 15.8. The lowest BCUT2D eigenvalue weighted by Crippen LogP contribution is -2.06. The van der Waals surface area contributed by atoms with Crippen LogP contribution in [0.4, 0.5) is 17.5 Å². The normalized spacial score (nSPS) is 10.5. The molecule has 0 amide bonds. The van der Waals surface area contributed by atoms with Crippen LogP contribution in [-0.4, -0.2) is 15.2 Å². The van der Waals surface area contributed by atoms with Gasteiger partial charge >= 0.3 is 0 Å². The van der Waals surface area contributed by atoms with Crippen LogP contribution in [0.5, 0.6) is 0 Å². The van der Waals surface area contributed by atoms with E-state index in [1.54, 1.807) is 18.2 Å². The Kier molecular flexibility index (Phi) is 5.35. The Bertz CT molecular complexity index is 839. The molecule has 0 bridgehead atoms. The fraction of sp³-hybridized carbons (Fsp3) is 0.0625. The molecule has 3 aromatic rings. The summed E-state index contributed by atoms with van der Waals surface area (Å²) in [6.07, 6.45) is 1.52. The maximum absolute atomic E-state index is 6.00. The molecule has 0 fully saturated rings. The highest BCUT2D eigenvalue weighted by molar-refractivity contribution is 6.42. The number of nitrogens with zero attached hydrogens (tertiary/aromatic N) is 3. The van der Waals surface area contributed by atoms with Gasteiger partial charge < -0.3 is 10.6 Å². The predicted molar refractivity (Wildman–Crippen MR) is 98.4 cm³/mol. The molecule has 0 aliphatic heterocycles. The van der Waals surface area contributed by atoms with E-state index in [1.165, 1.54) is 6.20 Å². The number of rotatable bonds is 5. The van der Waals surface area contributed by atoms with E-state index in [9.17, 15) is 0 Å². The summed E-state index contributed by atoms with van der Waals surface area (Å²) in [5.41, 5.74) is 1.82. The molecule has 8 heteroatoms. The Morgan fingerprint density at radius 1 is 0.917 bits per heavy atom. The number of hydrogen-bond donors (Lipinski definition) is 2. The molecule has 0 radical (unpaired) electrons. The van der Waals surface area contributed by atoms with Gasteiger partial charge in [0.1, 0.15) is 0 Å². The van der Waals surface area contributed by atoms with Gasteiger partial charge in [0, 0.05) is 17.3 Å². The summed E-state index contributed by atoms with van der Waals surface area (Å²) in [4.78, 5) is 4.35. The van der Waals surface area contributed by atoms with Gasteiger partial charge in [-0.15, -0.1) is 5.10 Å². The third-order valence-electron chi connectivity index (χ3n) is 3.11. The Morgan fingerprint density at radius 2 is 1.71 bits per heavy atom. The van der Waals surface area contributed by atoms with Crippen molar-refractivity contribution in [1.82, 2.24) is 15.2 Å². The Morgan fingerprint density at radius 3 is 2.46 bits per heavy atom. The van der Waals surface area contributed by atoms with Crippen LogP contribution in [0.2, 0.25) is 15.1 Å². The SMILES string of the molecule is Clc1ccc(CNc2nncc(Nc3ccc(Cl)c(Cl)c3)n2)cc1. The lowest BCUT2D eigenvalue weighted by Gasteiger charge is -2.08. The van der Waals surface area contributed by atoms with Crippen LogP contribution in [0.3, 0.4) is 0 Å². The fourth-order valence-electron chi connectivity index (χ4n) is 1.94. The fourth-order valence-corrected chi connectivity index (χ4v) is 2.37.